The summed E-state index contributed by atoms with van der Waals surface area (Å²) in [5, 5.41) is 16.5. The Kier molecular flexibility index (Phi) is 12.9. The van der Waals surface area contributed by atoms with Crippen LogP contribution in [0.1, 0.15) is 89.2 Å². The minimum Gasteiger partial charge on any atom is -0.309 e. The first kappa shape index (κ1) is 48.8. The fraction of sp³-hybridized carbons (Fsp3) is 0.178. The Morgan fingerprint density at radius 1 is 0.359 bits per heavy atom. The second-order valence-corrected chi connectivity index (χ2v) is 21.7. The van der Waals surface area contributed by atoms with Crippen LogP contribution in [-0.2, 0) is 5.41 Å². The van der Waals surface area contributed by atoms with E-state index in [1.807, 2.05) is 18.2 Å². The molecule has 0 saturated heterocycles. The molecule has 12 aromatic rings. The topological polar surface area (TPSA) is 53.0 Å². The summed E-state index contributed by atoms with van der Waals surface area (Å²) in [4.78, 5) is 11.3. The van der Waals surface area contributed by atoms with Crippen molar-refractivity contribution in [3.63, 3.8) is 0 Å². The van der Waals surface area contributed by atoms with Crippen LogP contribution in [0.2, 0.25) is 0 Å². The normalized spacial score (nSPS) is 12.7. The molecule has 0 amide bonds. The third-order valence-electron chi connectivity index (χ3n) is 17.0. The molecule has 0 unspecified atom stereocenters. The molecule has 0 spiro atoms. The maximum Gasteiger partial charge on any atom is 0.270 e. The highest BCUT2D eigenvalue weighted by atomic mass is 16.6. The molecule has 0 aliphatic heterocycles. The second kappa shape index (κ2) is 20.6. The number of unbranched alkanes of at least 4 members (excludes halogenated alkanes) is 6. The van der Waals surface area contributed by atoms with E-state index in [1.54, 1.807) is 12.1 Å². The molecule has 13 rings (SSSR count). The molecule has 10 aromatic carbocycles. The predicted octanol–water partition coefficient (Wildman–Crippen LogP) is 20.7. The Balaban J connectivity index is 0.850. The predicted molar refractivity (Wildman–Crippen MR) is 327 cm³/mol. The summed E-state index contributed by atoms with van der Waals surface area (Å²) >= 11 is 0. The summed E-state index contributed by atoms with van der Waals surface area (Å²) in [6.45, 7) is 4.64. The van der Waals surface area contributed by atoms with E-state index in [4.69, 9.17) is 0 Å². The van der Waals surface area contributed by atoms with E-state index < -0.39 is 0 Å². The van der Waals surface area contributed by atoms with Crippen molar-refractivity contribution < 1.29 is 4.92 Å². The van der Waals surface area contributed by atoms with Gasteiger partial charge in [-0.05, 0) is 152 Å². The van der Waals surface area contributed by atoms with Crippen molar-refractivity contribution in [2.24, 2.45) is 0 Å². The number of non-ortho nitro benzene ring substituents is 1. The standard InChI is InChI=1S/C73H63N3O2/c1-3-5-7-15-43-73(44-16-8-6-4-2)67-48-56(50-29-36-58(37-30-50)74-69-26-12-9-23-63(69)64-24-10-13-27-70(64)74)33-40-61(67)62-41-34-57(49-68(62)73)51-31-38-59(39-32-51)75-71-28-14-11-25-65(71)66-47-55(35-42-72(66)75)53-20-17-19-52(45-53)54-21-18-22-60(46-54)76(77)78/h9-14,17-42,45-49H,3-8,15-16,43-44H2,1-2H3. The summed E-state index contributed by atoms with van der Waals surface area (Å²) in [7, 11) is 0. The van der Waals surface area contributed by atoms with Gasteiger partial charge in [0.15, 0.2) is 0 Å². The molecule has 5 nitrogen and oxygen atoms in total. The van der Waals surface area contributed by atoms with Gasteiger partial charge in [0.05, 0.1) is 27.0 Å². The van der Waals surface area contributed by atoms with Crippen molar-refractivity contribution in [1.82, 2.24) is 9.13 Å². The van der Waals surface area contributed by atoms with Crippen molar-refractivity contribution in [3.05, 3.63) is 246 Å². The van der Waals surface area contributed by atoms with Crippen LogP contribution in [0.5, 0.6) is 0 Å². The van der Waals surface area contributed by atoms with Gasteiger partial charge in [0, 0.05) is 50.5 Å². The molecule has 0 atom stereocenters. The molecular weight excluding hydrogens is 951 g/mol. The van der Waals surface area contributed by atoms with Crippen molar-refractivity contribution in [1.29, 1.82) is 0 Å². The number of benzene rings is 10. The van der Waals surface area contributed by atoms with Gasteiger partial charge >= 0.3 is 0 Å². The van der Waals surface area contributed by atoms with E-state index in [9.17, 15) is 10.1 Å². The average molecular weight is 1010 g/mol. The van der Waals surface area contributed by atoms with Crippen molar-refractivity contribution in [3.8, 4) is 67.0 Å². The first-order valence-corrected chi connectivity index (χ1v) is 28.3. The van der Waals surface area contributed by atoms with Crippen molar-refractivity contribution in [2.75, 3.05) is 0 Å². The number of nitrogens with zero attached hydrogens (tertiary/aromatic N) is 3. The molecule has 1 aliphatic carbocycles. The van der Waals surface area contributed by atoms with Gasteiger partial charge in [0.2, 0.25) is 0 Å². The van der Waals surface area contributed by atoms with Gasteiger partial charge in [0.25, 0.3) is 5.69 Å². The molecule has 5 heteroatoms. The third-order valence-corrected chi connectivity index (χ3v) is 17.0. The number of hydrogen-bond acceptors (Lipinski definition) is 2. The van der Waals surface area contributed by atoms with Crippen LogP contribution in [0.25, 0.3) is 111 Å². The van der Waals surface area contributed by atoms with Crippen LogP contribution >= 0.6 is 0 Å². The summed E-state index contributed by atoms with van der Waals surface area (Å²) in [5.41, 5.74) is 21.8. The SMILES string of the molecule is CCCCCCC1(CCCCCC)c2cc(-c3ccc(-n4c5ccccc5c5ccccc54)cc3)ccc2-c2ccc(-c3ccc(-n4c5ccccc5c5cc(-c6cccc(-c7cccc([N+](=O)[O-])c7)c6)ccc54)cc3)cc21. The van der Waals surface area contributed by atoms with Gasteiger partial charge in [-0.1, -0.05) is 205 Å². The van der Waals surface area contributed by atoms with Crippen LogP contribution in [-0.4, -0.2) is 14.1 Å². The Hall–Kier alpha value is -8.80. The molecule has 0 N–H and O–H groups in total. The van der Waals surface area contributed by atoms with E-state index in [2.05, 4.69) is 211 Å². The highest BCUT2D eigenvalue weighted by molar-refractivity contribution is 6.11. The number of hydrogen-bond donors (Lipinski definition) is 0. The molecule has 1 aliphatic rings. The number of rotatable bonds is 17. The summed E-state index contributed by atoms with van der Waals surface area (Å²) in [6.07, 6.45) is 12.2. The zero-order valence-electron chi connectivity index (χ0n) is 44.6. The molecule has 2 aromatic heterocycles. The van der Waals surface area contributed by atoms with Gasteiger partial charge in [0.1, 0.15) is 0 Å². The first-order valence-electron chi connectivity index (χ1n) is 28.3. The van der Waals surface area contributed by atoms with E-state index in [1.165, 1.54) is 140 Å². The van der Waals surface area contributed by atoms with Crippen LogP contribution in [0, 0.1) is 10.1 Å². The molecule has 382 valence electrons. The molecule has 0 bridgehead atoms. The van der Waals surface area contributed by atoms with E-state index >= 15 is 0 Å². The monoisotopic (exact) mass is 1010 g/mol. The van der Waals surface area contributed by atoms with Crippen molar-refractivity contribution in [2.45, 2.75) is 83.5 Å². The highest BCUT2D eigenvalue weighted by Gasteiger charge is 2.42. The Morgan fingerprint density at radius 2 is 0.756 bits per heavy atom. The molecule has 78 heavy (non-hydrogen) atoms. The smallest absolute Gasteiger partial charge is 0.270 e. The molecule has 0 radical (unpaired) electrons. The maximum atomic E-state index is 11.6. The van der Waals surface area contributed by atoms with Crippen LogP contribution in [0.3, 0.4) is 0 Å². The fourth-order valence-corrected chi connectivity index (χ4v) is 13.1. The Bertz CT molecular complexity index is 4150. The molecular formula is C73H63N3O2. The van der Waals surface area contributed by atoms with Gasteiger partial charge < -0.3 is 9.13 Å². The maximum absolute atomic E-state index is 11.6. The average Bonchev–Trinajstić information content (AvgIpc) is 4.34. The van der Waals surface area contributed by atoms with Crippen LogP contribution < -0.4 is 0 Å². The lowest BCUT2D eigenvalue weighted by atomic mass is 9.70. The zero-order chi connectivity index (χ0) is 52.7. The number of nitro benzene ring substituents is 1. The van der Waals surface area contributed by atoms with Gasteiger partial charge in [-0.3, -0.25) is 10.1 Å². The number of nitro groups is 1. The summed E-state index contributed by atoms with van der Waals surface area (Å²) in [5.74, 6) is 0. The number of aromatic nitrogens is 2. The minimum absolute atomic E-state index is 0.0769. The third kappa shape index (κ3) is 8.59. The summed E-state index contributed by atoms with van der Waals surface area (Å²) < 4.78 is 4.80. The highest BCUT2D eigenvalue weighted by Crippen LogP contribution is 2.56. The first-order chi connectivity index (χ1) is 38.4. The summed E-state index contributed by atoms with van der Waals surface area (Å²) in [6, 6.07) is 81.3. The quantitative estimate of drug-likeness (QED) is 0.0518. The van der Waals surface area contributed by atoms with Crippen LogP contribution in [0.15, 0.2) is 224 Å². The Morgan fingerprint density at radius 3 is 1.24 bits per heavy atom. The second-order valence-electron chi connectivity index (χ2n) is 21.7. The minimum atomic E-state index is -0.337. The lowest BCUT2D eigenvalue weighted by Crippen LogP contribution is -2.25. The van der Waals surface area contributed by atoms with Gasteiger partial charge in [-0.15, -0.1) is 0 Å². The molecule has 2 heterocycles. The zero-order valence-corrected chi connectivity index (χ0v) is 44.6. The number of fused-ring (bicyclic) bond motifs is 9. The van der Waals surface area contributed by atoms with Gasteiger partial charge in [-0.2, -0.15) is 0 Å². The fourth-order valence-electron chi connectivity index (χ4n) is 13.1. The number of para-hydroxylation sites is 3. The molecule has 0 saturated carbocycles. The molecule has 0 fully saturated rings. The lowest BCUT2D eigenvalue weighted by molar-refractivity contribution is -0.384. The van der Waals surface area contributed by atoms with E-state index in [0.29, 0.717) is 0 Å². The van der Waals surface area contributed by atoms with Crippen LogP contribution in [0.4, 0.5) is 5.69 Å². The largest absolute Gasteiger partial charge is 0.309 e. The van der Waals surface area contributed by atoms with Crippen molar-refractivity contribution >= 4 is 49.3 Å². The Labute approximate surface area is 457 Å². The van der Waals surface area contributed by atoms with E-state index in [-0.39, 0.29) is 16.0 Å². The lowest BCUT2D eigenvalue weighted by Gasteiger charge is -2.33. The van der Waals surface area contributed by atoms with Gasteiger partial charge in [-0.25, -0.2) is 0 Å². The van der Waals surface area contributed by atoms with E-state index in [0.717, 1.165) is 51.8 Å².